The summed E-state index contributed by atoms with van der Waals surface area (Å²) in [6, 6.07) is 34.1. The van der Waals surface area contributed by atoms with Crippen LogP contribution in [0.15, 0.2) is 103 Å². The van der Waals surface area contributed by atoms with Crippen LogP contribution < -0.4 is 15.5 Å². The highest BCUT2D eigenvalue weighted by Gasteiger charge is 2.09. The first kappa shape index (κ1) is 24.0. The van der Waals surface area contributed by atoms with Crippen molar-refractivity contribution in [2.24, 2.45) is 0 Å². The Hall–Kier alpha value is -4.71. The zero-order valence-electron chi connectivity index (χ0n) is 21.0. The van der Waals surface area contributed by atoms with Gasteiger partial charge in [0.05, 0.1) is 11.9 Å². The summed E-state index contributed by atoms with van der Waals surface area (Å²) < 4.78 is 0. The molecule has 0 saturated carbocycles. The fourth-order valence-corrected chi connectivity index (χ4v) is 4.20. The Labute approximate surface area is 217 Å². The quantitative estimate of drug-likeness (QED) is 0.274. The monoisotopic (exact) mass is 487 g/mol. The fraction of sp³-hybridized carbons (Fsp3) is 0.129. The van der Waals surface area contributed by atoms with E-state index in [0.717, 1.165) is 39.1 Å². The van der Waals surface area contributed by atoms with Crippen LogP contribution in [0.1, 0.15) is 11.1 Å². The summed E-state index contributed by atoms with van der Waals surface area (Å²) in [5.41, 5.74) is 6.02. The second-order valence-corrected chi connectivity index (χ2v) is 9.12. The Morgan fingerprint density at radius 1 is 0.730 bits per heavy atom. The van der Waals surface area contributed by atoms with Gasteiger partial charge in [0.25, 0.3) is 0 Å². The van der Waals surface area contributed by atoms with E-state index in [1.165, 1.54) is 5.56 Å². The minimum atomic E-state index is -0.0425. The molecule has 5 rings (SSSR count). The van der Waals surface area contributed by atoms with Crippen molar-refractivity contribution in [1.29, 1.82) is 0 Å². The maximum Gasteiger partial charge on any atom is 0.228 e. The minimum absolute atomic E-state index is 0.0425. The Morgan fingerprint density at radius 3 is 2.11 bits per heavy atom. The molecule has 0 saturated heterocycles. The molecule has 37 heavy (non-hydrogen) atoms. The maximum absolute atomic E-state index is 12.6. The van der Waals surface area contributed by atoms with Crippen molar-refractivity contribution in [1.82, 2.24) is 9.97 Å². The summed E-state index contributed by atoms with van der Waals surface area (Å²) in [4.78, 5) is 23.9. The van der Waals surface area contributed by atoms with E-state index >= 15 is 0 Å². The molecule has 2 N–H and O–H groups in total. The lowest BCUT2D eigenvalue weighted by atomic mass is 10.0. The van der Waals surface area contributed by atoms with Gasteiger partial charge in [-0.3, -0.25) is 4.79 Å². The topological polar surface area (TPSA) is 70.2 Å². The molecule has 0 unspecified atom stereocenters. The van der Waals surface area contributed by atoms with E-state index in [0.29, 0.717) is 18.9 Å². The zero-order valence-corrected chi connectivity index (χ0v) is 21.0. The lowest BCUT2D eigenvalue weighted by Gasteiger charge is -2.16. The molecule has 1 amide bonds. The average molecular weight is 488 g/mol. The Morgan fingerprint density at radius 2 is 1.38 bits per heavy atom. The van der Waals surface area contributed by atoms with E-state index in [2.05, 4.69) is 44.9 Å². The fourth-order valence-electron chi connectivity index (χ4n) is 4.20. The van der Waals surface area contributed by atoms with Gasteiger partial charge < -0.3 is 15.5 Å². The summed E-state index contributed by atoms with van der Waals surface area (Å²) in [6.07, 6.45) is 0.325. The van der Waals surface area contributed by atoms with Gasteiger partial charge in [0.15, 0.2) is 0 Å². The van der Waals surface area contributed by atoms with Crippen molar-refractivity contribution in [2.45, 2.75) is 13.0 Å². The number of rotatable bonds is 8. The van der Waals surface area contributed by atoms with Gasteiger partial charge in [0.1, 0.15) is 5.82 Å². The number of hydrogen-bond acceptors (Lipinski definition) is 5. The van der Waals surface area contributed by atoms with Crippen molar-refractivity contribution in [3.63, 3.8) is 0 Å². The molecular weight excluding hydrogens is 458 g/mol. The molecule has 0 aliphatic rings. The van der Waals surface area contributed by atoms with Crippen molar-refractivity contribution < 1.29 is 4.79 Å². The number of amides is 1. The largest absolute Gasteiger partial charge is 0.362 e. The number of anilines is 3. The molecule has 0 fully saturated rings. The smallest absolute Gasteiger partial charge is 0.228 e. The number of benzene rings is 4. The normalized spacial score (nSPS) is 10.8. The molecule has 0 aliphatic heterocycles. The number of aromatic nitrogens is 2. The number of para-hydroxylation sites is 1. The van der Waals surface area contributed by atoms with Crippen LogP contribution in [0.4, 0.5) is 17.5 Å². The molecule has 6 heteroatoms. The van der Waals surface area contributed by atoms with Gasteiger partial charge >= 0.3 is 0 Å². The summed E-state index contributed by atoms with van der Waals surface area (Å²) in [6.45, 7) is 0.577. The molecule has 0 radical (unpaired) electrons. The SMILES string of the molecule is CN(C)c1nc(NCc2ccc(NC(=O)Cc3ccc(-c4ccccc4)cc3)cc2)nc2ccccc12. The Balaban J connectivity index is 1.17. The lowest BCUT2D eigenvalue weighted by Crippen LogP contribution is -2.14. The molecule has 5 aromatic rings. The van der Waals surface area contributed by atoms with Gasteiger partial charge in [-0.05, 0) is 46.5 Å². The Bertz CT molecular complexity index is 1500. The standard InChI is InChI=1S/C31H29N5O/c1-36(2)30-27-10-6-7-11-28(27)34-31(35-30)32-21-23-14-18-26(19-15-23)33-29(37)20-22-12-16-25(17-13-22)24-8-4-3-5-9-24/h3-19H,20-21H2,1-2H3,(H,33,37)(H,32,34,35). The summed E-state index contributed by atoms with van der Waals surface area (Å²) >= 11 is 0. The molecular formula is C31H29N5O. The number of carbonyl (C=O) groups excluding carboxylic acids is 1. The van der Waals surface area contributed by atoms with E-state index in [9.17, 15) is 4.79 Å². The number of carbonyl (C=O) groups is 1. The van der Waals surface area contributed by atoms with Crippen LogP contribution in [0.25, 0.3) is 22.0 Å². The third kappa shape index (κ3) is 5.93. The van der Waals surface area contributed by atoms with Crippen LogP contribution in [-0.4, -0.2) is 30.0 Å². The first-order chi connectivity index (χ1) is 18.0. The lowest BCUT2D eigenvalue weighted by molar-refractivity contribution is -0.115. The number of nitrogens with one attached hydrogen (secondary N) is 2. The first-order valence-corrected chi connectivity index (χ1v) is 12.3. The predicted octanol–water partition coefficient (Wildman–Crippen LogP) is 6.16. The summed E-state index contributed by atoms with van der Waals surface area (Å²) in [7, 11) is 3.96. The van der Waals surface area contributed by atoms with Crippen molar-refractivity contribution in [3.05, 3.63) is 114 Å². The minimum Gasteiger partial charge on any atom is -0.362 e. The molecule has 0 spiro atoms. The van der Waals surface area contributed by atoms with Gasteiger partial charge in [-0.15, -0.1) is 0 Å². The molecule has 6 nitrogen and oxygen atoms in total. The van der Waals surface area contributed by atoms with Gasteiger partial charge in [0.2, 0.25) is 11.9 Å². The molecule has 1 heterocycles. The van der Waals surface area contributed by atoms with E-state index in [-0.39, 0.29) is 5.91 Å². The van der Waals surface area contributed by atoms with E-state index in [1.807, 2.05) is 97.9 Å². The molecule has 0 aliphatic carbocycles. The van der Waals surface area contributed by atoms with Gasteiger partial charge in [-0.25, -0.2) is 4.98 Å². The second kappa shape index (κ2) is 10.9. The number of hydrogen-bond donors (Lipinski definition) is 2. The van der Waals surface area contributed by atoms with E-state index < -0.39 is 0 Å². The third-order valence-corrected chi connectivity index (χ3v) is 6.12. The van der Waals surface area contributed by atoms with Crippen LogP contribution in [0.3, 0.4) is 0 Å². The summed E-state index contributed by atoms with van der Waals surface area (Å²) in [5.74, 6) is 1.41. The molecule has 0 atom stereocenters. The van der Waals surface area contributed by atoms with Gasteiger partial charge in [0, 0.05) is 31.7 Å². The molecule has 184 valence electrons. The van der Waals surface area contributed by atoms with Crippen LogP contribution in [-0.2, 0) is 17.8 Å². The van der Waals surface area contributed by atoms with Crippen LogP contribution in [0.5, 0.6) is 0 Å². The highest BCUT2D eigenvalue weighted by atomic mass is 16.1. The van der Waals surface area contributed by atoms with Crippen molar-refractivity contribution in [2.75, 3.05) is 29.6 Å². The van der Waals surface area contributed by atoms with Gasteiger partial charge in [-0.2, -0.15) is 4.98 Å². The second-order valence-electron chi connectivity index (χ2n) is 9.12. The zero-order chi connectivity index (χ0) is 25.6. The first-order valence-electron chi connectivity index (χ1n) is 12.3. The van der Waals surface area contributed by atoms with E-state index in [4.69, 9.17) is 0 Å². The molecule has 0 bridgehead atoms. The van der Waals surface area contributed by atoms with Gasteiger partial charge in [-0.1, -0.05) is 78.9 Å². The average Bonchev–Trinajstić information content (AvgIpc) is 2.93. The van der Waals surface area contributed by atoms with Crippen molar-refractivity contribution in [3.8, 4) is 11.1 Å². The van der Waals surface area contributed by atoms with Crippen LogP contribution in [0.2, 0.25) is 0 Å². The highest BCUT2D eigenvalue weighted by molar-refractivity contribution is 5.92. The third-order valence-electron chi connectivity index (χ3n) is 6.12. The molecule has 1 aromatic heterocycles. The highest BCUT2D eigenvalue weighted by Crippen LogP contribution is 2.24. The van der Waals surface area contributed by atoms with Crippen molar-refractivity contribution >= 4 is 34.3 Å². The predicted molar refractivity (Wildman–Crippen MR) is 152 cm³/mol. The number of fused-ring (bicyclic) bond motifs is 1. The van der Waals surface area contributed by atoms with Crippen LogP contribution in [0, 0.1) is 0 Å². The van der Waals surface area contributed by atoms with Crippen LogP contribution >= 0.6 is 0 Å². The van der Waals surface area contributed by atoms with E-state index in [1.54, 1.807) is 0 Å². The summed E-state index contributed by atoms with van der Waals surface area (Å²) in [5, 5.41) is 7.33. The molecule has 4 aromatic carbocycles. The number of nitrogens with zero attached hydrogens (tertiary/aromatic N) is 3. The maximum atomic E-state index is 12.6. The Kier molecular flexibility index (Phi) is 7.08.